The second-order valence-electron chi connectivity index (χ2n) is 5.88. The van der Waals surface area contributed by atoms with E-state index < -0.39 is 0 Å². The van der Waals surface area contributed by atoms with Crippen LogP contribution in [-0.2, 0) is 4.79 Å². The third kappa shape index (κ3) is 1.82. The van der Waals surface area contributed by atoms with Gasteiger partial charge in [0.1, 0.15) is 0 Å². The zero-order valence-corrected chi connectivity index (χ0v) is 10.9. The quantitative estimate of drug-likeness (QED) is 0.730. The highest BCUT2D eigenvalue weighted by Gasteiger charge is 2.40. The minimum absolute atomic E-state index is 0.473. The maximum atomic E-state index is 12.3. The molecular formula is C15H23NO. The smallest absolute Gasteiger partial charge is 0.160 e. The van der Waals surface area contributed by atoms with Crippen molar-refractivity contribution in [1.82, 2.24) is 4.90 Å². The minimum Gasteiger partial charge on any atom is -0.374 e. The van der Waals surface area contributed by atoms with Crippen molar-refractivity contribution in [2.75, 3.05) is 13.1 Å². The maximum absolute atomic E-state index is 12.3. The summed E-state index contributed by atoms with van der Waals surface area (Å²) in [4.78, 5) is 14.8. The summed E-state index contributed by atoms with van der Waals surface area (Å²) in [6.45, 7) is 4.64. The van der Waals surface area contributed by atoms with Crippen LogP contribution in [0.1, 0.15) is 51.9 Å². The third-order valence-corrected chi connectivity index (χ3v) is 4.81. The second-order valence-corrected chi connectivity index (χ2v) is 5.88. The molecular weight excluding hydrogens is 210 g/mol. The van der Waals surface area contributed by atoms with Crippen LogP contribution in [0, 0.1) is 11.8 Å². The predicted molar refractivity (Wildman–Crippen MR) is 68.6 cm³/mol. The number of piperidine rings is 1. The van der Waals surface area contributed by atoms with E-state index in [1.165, 1.54) is 56.5 Å². The van der Waals surface area contributed by atoms with Gasteiger partial charge >= 0.3 is 0 Å². The molecule has 0 aromatic carbocycles. The Morgan fingerprint density at radius 2 is 2.12 bits per heavy atom. The first-order valence-corrected chi connectivity index (χ1v) is 7.32. The number of hydrogen-bond donors (Lipinski definition) is 0. The molecule has 0 aromatic heterocycles. The first-order chi connectivity index (χ1) is 8.31. The Kier molecular flexibility index (Phi) is 2.97. The minimum atomic E-state index is 0.473. The molecule has 0 spiro atoms. The first-order valence-electron chi connectivity index (χ1n) is 7.32. The Bertz CT molecular complexity index is 358. The topological polar surface area (TPSA) is 20.3 Å². The Morgan fingerprint density at radius 3 is 2.94 bits per heavy atom. The van der Waals surface area contributed by atoms with Crippen molar-refractivity contribution in [3.63, 3.8) is 0 Å². The number of ketones is 1. The average Bonchev–Trinajstić information content (AvgIpc) is 2.35. The Morgan fingerprint density at radius 1 is 1.29 bits per heavy atom. The number of Topliss-reactive ketones (excluding diaryl/α,β-unsaturated/α-hetero) is 1. The highest BCUT2D eigenvalue weighted by Crippen LogP contribution is 2.45. The summed E-state index contributed by atoms with van der Waals surface area (Å²) in [7, 11) is 0. The molecule has 0 aromatic rings. The van der Waals surface area contributed by atoms with Crippen LogP contribution < -0.4 is 0 Å². The lowest BCUT2D eigenvalue weighted by Gasteiger charge is -2.47. The summed E-state index contributed by atoms with van der Waals surface area (Å²) in [5.74, 6) is 1.84. The van der Waals surface area contributed by atoms with E-state index in [0.29, 0.717) is 11.7 Å². The van der Waals surface area contributed by atoms with Crippen LogP contribution >= 0.6 is 0 Å². The number of hydrogen-bond acceptors (Lipinski definition) is 2. The zero-order chi connectivity index (χ0) is 11.8. The first kappa shape index (κ1) is 11.3. The van der Waals surface area contributed by atoms with Gasteiger partial charge in [0.2, 0.25) is 0 Å². The van der Waals surface area contributed by atoms with Crippen LogP contribution in [-0.4, -0.2) is 23.8 Å². The van der Waals surface area contributed by atoms with E-state index in [-0.39, 0.29) is 0 Å². The molecule has 2 atom stereocenters. The van der Waals surface area contributed by atoms with Gasteiger partial charge in [0.05, 0.1) is 0 Å². The molecule has 0 bridgehead atoms. The van der Waals surface area contributed by atoms with Crippen LogP contribution in [0.2, 0.25) is 0 Å². The molecule has 2 heterocycles. The van der Waals surface area contributed by atoms with Crippen LogP contribution in [0.15, 0.2) is 11.3 Å². The molecule has 0 saturated carbocycles. The van der Waals surface area contributed by atoms with Gasteiger partial charge in [-0.1, -0.05) is 13.3 Å². The van der Waals surface area contributed by atoms with Crippen molar-refractivity contribution in [2.45, 2.75) is 51.9 Å². The molecule has 0 amide bonds. The van der Waals surface area contributed by atoms with Gasteiger partial charge in [-0.3, -0.25) is 4.79 Å². The summed E-state index contributed by atoms with van der Waals surface area (Å²) in [6.07, 6.45) is 8.20. The SMILES string of the molecule is CCC[C@H]1CC(=O)C2=C3[C@H]1CCCN3CCC2. The van der Waals surface area contributed by atoms with Crippen molar-refractivity contribution < 1.29 is 4.79 Å². The van der Waals surface area contributed by atoms with Gasteiger partial charge in [-0.2, -0.15) is 0 Å². The third-order valence-electron chi connectivity index (χ3n) is 4.81. The van der Waals surface area contributed by atoms with Gasteiger partial charge in [0.15, 0.2) is 5.78 Å². The molecule has 0 radical (unpaired) electrons. The summed E-state index contributed by atoms with van der Waals surface area (Å²) in [5.41, 5.74) is 2.70. The maximum Gasteiger partial charge on any atom is 0.160 e. The lowest BCUT2D eigenvalue weighted by atomic mass is 9.69. The van der Waals surface area contributed by atoms with Gasteiger partial charge in [-0.05, 0) is 38.0 Å². The fraction of sp³-hybridized carbons (Fsp3) is 0.800. The molecule has 0 N–H and O–H groups in total. The van der Waals surface area contributed by atoms with Crippen LogP contribution in [0.5, 0.6) is 0 Å². The Hall–Kier alpha value is -0.790. The Balaban J connectivity index is 1.96. The Labute approximate surface area is 104 Å². The normalized spacial score (nSPS) is 32.8. The van der Waals surface area contributed by atoms with Crippen LogP contribution in [0.25, 0.3) is 0 Å². The number of nitrogens with zero attached hydrogens (tertiary/aromatic N) is 1. The molecule has 17 heavy (non-hydrogen) atoms. The lowest BCUT2D eigenvalue weighted by Crippen LogP contribution is -2.44. The van der Waals surface area contributed by atoms with Gasteiger partial charge in [0.25, 0.3) is 0 Å². The molecule has 2 aliphatic heterocycles. The van der Waals surface area contributed by atoms with Crippen LogP contribution in [0.4, 0.5) is 0 Å². The molecule has 94 valence electrons. The average molecular weight is 233 g/mol. The molecule has 2 nitrogen and oxygen atoms in total. The van der Waals surface area contributed by atoms with Crippen molar-refractivity contribution in [3.05, 3.63) is 11.3 Å². The van der Waals surface area contributed by atoms with Crippen LogP contribution in [0.3, 0.4) is 0 Å². The van der Waals surface area contributed by atoms with E-state index in [0.717, 1.165) is 18.8 Å². The van der Waals surface area contributed by atoms with Crippen molar-refractivity contribution >= 4 is 5.78 Å². The zero-order valence-electron chi connectivity index (χ0n) is 10.9. The largest absolute Gasteiger partial charge is 0.374 e. The summed E-state index contributed by atoms with van der Waals surface area (Å²) in [6, 6.07) is 0. The highest BCUT2D eigenvalue weighted by atomic mass is 16.1. The standard InChI is InChI=1S/C15H23NO/c1-2-5-11-10-14(17)13-7-4-9-16-8-3-6-12(11)15(13)16/h11-12H,2-10H2,1H3/t11-,12-/m0/s1. The lowest BCUT2D eigenvalue weighted by molar-refractivity contribution is -0.118. The monoisotopic (exact) mass is 233 g/mol. The van der Waals surface area contributed by atoms with Crippen molar-refractivity contribution in [2.24, 2.45) is 11.8 Å². The molecule has 0 unspecified atom stereocenters. The van der Waals surface area contributed by atoms with Crippen molar-refractivity contribution in [1.29, 1.82) is 0 Å². The molecule has 1 fully saturated rings. The molecule has 3 rings (SSSR count). The number of carbonyl (C=O) groups is 1. The molecule has 2 heteroatoms. The second kappa shape index (κ2) is 4.47. The fourth-order valence-corrected chi connectivity index (χ4v) is 4.13. The van der Waals surface area contributed by atoms with Crippen molar-refractivity contribution in [3.8, 4) is 0 Å². The van der Waals surface area contributed by atoms with E-state index >= 15 is 0 Å². The number of rotatable bonds is 2. The van der Waals surface area contributed by atoms with E-state index in [1.54, 1.807) is 0 Å². The molecule has 3 aliphatic rings. The van der Waals surface area contributed by atoms with E-state index in [4.69, 9.17) is 0 Å². The highest BCUT2D eigenvalue weighted by molar-refractivity contribution is 5.97. The van der Waals surface area contributed by atoms with Gasteiger partial charge in [-0.25, -0.2) is 0 Å². The van der Waals surface area contributed by atoms with E-state index in [2.05, 4.69) is 11.8 Å². The van der Waals surface area contributed by atoms with Gasteiger partial charge in [-0.15, -0.1) is 0 Å². The number of carbonyl (C=O) groups excluding carboxylic acids is 1. The van der Waals surface area contributed by atoms with E-state index in [9.17, 15) is 4.79 Å². The number of allylic oxidation sites excluding steroid dienone is 2. The fourth-order valence-electron chi connectivity index (χ4n) is 4.13. The summed E-state index contributed by atoms with van der Waals surface area (Å²) < 4.78 is 0. The van der Waals surface area contributed by atoms with Gasteiger partial charge < -0.3 is 4.90 Å². The van der Waals surface area contributed by atoms with Gasteiger partial charge in [0, 0.05) is 36.7 Å². The predicted octanol–water partition coefficient (Wildman–Crippen LogP) is 3.14. The summed E-state index contributed by atoms with van der Waals surface area (Å²) >= 11 is 0. The molecule has 1 aliphatic carbocycles. The summed E-state index contributed by atoms with van der Waals surface area (Å²) in [5, 5.41) is 0. The molecule has 1 saturated heterocycles. The van der Waals surface area contributed by atoms with E-state index in [1.807, 2.05) is 0 Å².